The minimum Gasteiger partial charge on any atom is -0.370 e. The summed E-state index contributed by atoms with van der Waals surface area (Å²) in [6.07, 6.45) is 1.51. The van der Waals surface area contributed by atoms with Gasteiger partial charge in [-0.05, 0) is 30.2 Å². The molecule has 0 aliphatic carbocycles. The first-order valence-electron chi connectivity index (χ1n) is 6.76. The number of nitrogens with zero attached hydrogens (tertiary/aromatic N) is 3. The highest BCUT2D eigenvalue weighted by atomic mass is 19.1. The number of nitrogens with one attached hydrogen (secondary N) is 1. The second-order valence-electron chi connectivity index (χ2n) is 4.83. The van der Waals surface area contributed by atoms with E-state index in [4.69, 9.17) is 0 Å². The Morgan fingerprint density at radius 2 is 2.10 bits per heavy atom. The molecule has 0 atom stereocenters. The summed E-state index contributed by atoms with van der Waals surface area (Å²) >= 11 is 0. The molecule has 4 nitrogen and oxygen atoms in total. The van der Waals surface area contributed by atoms with Crippen molar-refractivity contribution in [2.75, 3.05) is 30.9 Å². The van der Waals surface area contributed by atoms with Crippen molar-refractivity contribution in [3.8, 4) is 0 Å². The first kappa shape index (κ1) is 15.0. The predicted molar refractivity (Wildman–Crippen MR) is 85.1 cm³/mol. The first-order chi connectivity index (χ1) is 10.0. The summed E-state index contributed by atoms with van der Waals surface area (Å²) in [6, 6.07) is 6.37. The van der Waals surface area contributed by atoms with E-state index >= 15 is 0 Å². The molecule has 0 aliphatic rings. The molecule has 0 saturated heterocycles. The Morgan fingerprint density at radius 3 is 2.71 bits per heavy atom. The van der Waals surface area contributed by atoms with Gasteiger partial charge >= 0.3 is 0 Å². The smallest absolute Gasteiger partial charge is 0.141 e. The van der Waals surface area contributed by atoms with E-state index in [-0.39, 0.29) is 5.82 Å². The van der Waals surface area contributed by atoms with Crippen LogP contribution in [0.5, 0.6) is 0 Å². The highest BCUT2D eigenvalue weighted by Gasteiger charge is 2.17. The summed E-state index contributed by atoms with van der Waals surface area (Å²) < 4.78 is 13.5. The molecule has 110 valence electrons. The maximum absolute atomic E-state index is 13.5. The molecule has 1 aromatic carbocycles. The Balaban J connectivity index is 2.57. The fourth-order valence-corrected chi connectivity index (χ4v) is 2.12. The molecule has 0 unspecified atom stereocenters. The molecule has 0 radical (unpaired) electrons. The van der Waals surface area contributed by atoms with Gasteiger partial charge < -0.3 is 10.2 Å². The molecule has 0 aliphatic heterocycles. The van der Waals surface area contributed by atoms with Gasteiger partial charge in [-0.2, -0.15) is 0 Å². The molecule has 21 heavy (non-hydrogen) atoms. The molecule has 1 heterocycles. The van der Waals surface area contributed by atoms with Crippen LogP contribution in [-0.4, -0.2) is 30.6 Å². The molecule has 2 aromatic rings. The van der Waals surface area contributed by atoms with E-state index in [0.717, 1.165) is 17.9 Å². The van der Waals surface area contributed by atoms with Gasteiger partial charge in [0.2, 0.25) is 0 Å². The van der Waals surface area contributed by atoms with E-state index < -0.39 is 0 Å². The van der Waals surface area contributed by atoms with Crippen LogP contribution in [0, 0.1) is 5.82 Å². The molecular formula is C16H19FN4. The van der Waals surface area contributed by atoms with Crippen molar-refractivity contribution in [3.63, 3.8) is 0 Å². The maximum atomic E-state index is 13.5. The molecule has 1 N–H and O–H groups in total. The summed E-state index contributed by atoms with van der Waals surface area (Å²) in [5.41, 5.74) is 2.19. The average molecular weight is 286 g/mol. The van der Waals surface area contributed by atoms with Crippen LogP contribution in [0.4, 0.5) is 16.0 Å². The van der Waals surface area contributed by atoms with Crippen LogP contribution >= 0.6 is 0 Å². The lowest BCUT2D eigenvalue weighted by atomic mass is 10.00. The lowest BCUT2D eigenvalue weighted by molar-refractivity contribution is 0.627. The van der Waals surface area contributed by atoms with E-state index in [1.165, 1.54) is 18.5 Å². The van der Waals surface area contributed by atoms with E-state index in [1.54, 1.807) is 6.07 Å². The highest BCUT2D eigenvalue weighted by Crippen LogP contribution is 2.33. The Morgan fingerprint density at radius 1 is 1.33 bits per heavy atom. The van der Waals surface area contributed by atoms with Crippen molar-refractivity contribution in [1.82, 2.24) is 9.97 Å². The number of hydrogen-bond donors (Lipinski definition) is 1. The molecule has 0 saturated carbocycles. The van der Waals surface area contributed by atoms with Gasteiger partial charge in [-0.15, -0.1) is 0 Å². The van der Waals surface area contributed by atoms with Crippen LogP contribution in [0.1, 0.15) is 18.1 Å². The molecule has 2 rings (SSSR count). The highest BCUT2D eigenvalue weighted by molar-refractivity contribution is 5.89. The van der Waals surface area contributed by atoms with Gasteiger partial charge in [-0.25, -0.2) is 14.4 Å². The zero-order chi connectivity index (χ0) is 15.4. The number of benzene rings is 1. The predicted octanol–water partition coefficient (Wildman–Crippen LogP) is 3.18. The lowest BCUT2D eigenvalue weighted by Gasteiger charge is -2.20. The second-order valence-corrected chi connectivity index (χ2v) is 4.83. The summed E-state index contributed by atoms with van der Waals surface area (Å²) in [6.45, 7) is 6.83. The van der Waals surface area contributed by atoms with Crippen molar-refractivity contribution in [2.24, 2.45) is 0 Å². The zero-order valence-corrected chi connectivity index (χ0v) is 12.5. The van der Waals surface area contributed by atoms with E-state index in [2.05, 4.69) is 21.9 Å². The molecule has 5 heteroatoms. The van der Waals surface area contributed by atoms with Gasteiger partial charge in [0.15, 0.2) is 0 Å². The van der Waals surface area contributed by atoms with Gasteiger partial charge in [0, 0.05) is 20.6 Å². The summed E-state index contributed by atoms with van der Waals surface area (Å²) in [5, 5.41) is 3.20. The Kier molecular flexibility index (Phi) is 4.52. The van der Waals surface area contributed by atoms with Gasteiger partial charge in [0.1, 0.15) is 23.8 Å². The number of rotatable bonds is 5. The molecule has 1 aromatic heterocycles. The Hall–Kier alpha value is -2.43. The van der Waals surface area contributed by atoms with Gasteiger partial charge in [-0.3, -0.25) is 0 Å². The third-order valence-corrected chi connectivity index (χ3v) is 3.07. The Bertz CT molecular complexity index is 652. The maximum Gasteiger partial charge on any atom is 0.141 e. The van der Waals surface area contributed by atoms with Crippen LogP contribution in [0.3, 0.4) is 0 Å². The molecule has 0 bridgehead atoms. The van der Waals surface area contributed by atoms with Crippen LogP contribution in [0.15, 0.2) is 37.2 Å². The van der Waals surface area contributed by atoms with Crippen LogP contribution < -0.4 is 10.2 Å². The van der Waals surface area contributed by atoms with Crippen molar-refractivity contribution in [2.45, 2.75) is 6.92 Å². The minimum atomic E-state index is -0.290. The minimum absolute atomic E-state index is 0.290. The first-order valence-corrected chi connectivity index (χ1v) is 6.76. The number of anilines is 2. The third-order valence-electron chi connectivity index (χ3n) is 3.07. The fraction of sp³-hybridized carbons (Fsp3) is 0.250. The molecule has 0 fully saturated rings. The zero-order valence-electron chi connectivity index (χ0n) is 12.5. The second kappa shape index (κ2) is 6.35. The lowest BCUT2D eigenvalue weighted by Crippen LogP contribution is -2.16. The third kappa shape index (κ3) is 3.18. The fourth-order valence-electron chi connectivity index (χ4n) is 2.12. The van der Waals surface area contributed by atoms with E-state index in [0.29, 0.717) is 17.0 Å². The van der Waals surface area contributed by atoms with E-state index in [9.17, 15) is 4.39 Å². The Labute approximate surface area is 124 Å². The van der Waals surface area contributed by atoms with Gasteiger partial charge in [0.25, 0.3) is 0 Å². The molecular weight excluding hydrogens is 267 g/mol. The monoisotopic (exact) mass is 286 g/mol. The summed E-state index contributed by atoms with van der Waals surface area (Å²) in [4.78, 5) is 10.5. The van der Waals surface area contributed by atoms with E-state index in [1.807, 2.05) is 32.0 Å². The van der Waals surface area contributed by atoms with Crippen LogP contribution in [-0.2, 0) is 0 Å². The van der Waals surface area contributed by atoms with Crippen molar-refractivity contribution in [1.29, 1.82) is 0 Å². The standard InChI is InChI=1S/C16H19FN4/c1-5-18-15-14(16(21(3)4)20-10-19-15)11(2)12-7-6-8-13(17)9-12/h6-10H,2,5H2,1,3-4H3,(H,18,19,20). The summed E-state index contributed by atoms with van der Waals surface area (Å²) in [7, 11) is 3.81. The topological polar surface area (TPSA) is 41.1 Å². The van der Waals surface area contributed by atoms with Crippen molar-refractivity contribution < 1.29 is 4.39 Å². The van der Waals surface area contributed by atoms with Crippen molar-refractivity contribution in [3.05, 3.63) is 54.1 Å². The van der Waals surface area contributed by atoms with Crippen LogP contribution in [0.25, 0.3) is 5.57 Å². The van der Waals surface area contributed by atoms with Gasteiger partial charge in [-0.1, -0.05) is 18.7 Å². The van der Waals surface area contributed by atoms with Crippen LogP contribution in [0.2, 0.25) is 0 Å². The molecule has 0 spiro atoms. The number of halogens is 1. The normalized spacial score (nSPS) is 10.3. The SMILES string of the molecule is C=C(c1cccc(F)c1)c1c(NCC)ncnc1N(C)C. The number of aromatic nitrogens is 2. The van der Waals surface area contributed by atoms with Crippen molar-refractivity contribution >= 4 is 17.2 Å². The largest absolute Gasteiger partial charge is 0.370 e. The average Bonchev–Trinajstić information content (AvgIpc) is 2.46. The molecule has 0 amide bonds. The summed E-state index contributed by atoms with van der Waals surface area (Å²) in [5.74, 6) is 1.16. The van der Waals surface area contributed by atoms with Gasteiger partial charge in [0.05, 0.1) is 5.56 Å². The quantitative estimate of drug-likeness (QED) is 0.916. The number of hydrogen-bond acceptors (Lipinski definition) is 4.